The standard InChI is InChI=1S/C20H21F3N4O3S/c1-3-12(2)17(24-18-13-8-4-7-11-16(13)31(29,30)27-18)19(28)26-25-15-10-6-5-9-14(15)20(21,22)23/h4-12,17,25H,3H2,1-2H3,(H,24,27)(H,26,28)/t12-,17-/m0/s1. The smallest absolute Gasteiger partial charge is 0.298 e. The number of aliphatic imine (C=N–C) groups is 1. The lowest BCUT2D eigenvalue weighted by Gasteiger charge is -2.21. The van der Waals surface area contributed by atoms with E-state index in [4.69, 9.17) is 0 Å². The predicted molar refractivity (Wildman–Crippen MR) is 110 cm³/mol. The van der Waals surface area contributed by atoms with E-state index in [0.717, 1.165) is 6.07 Å². The summed E-state index contributed by atoms with van der Waals surface area (Å²) in [5.74, 6) is -0.987. The highest BCUT2D eigenvalue weighted by atomic mass is 32.2. The Morgan fingerprint density at radius 2 is 1.77 bits per heavy atom. The lowest BCUT2D eigenvalue weighted by molar-refractivity contribution is -0.137. The molecule has 1 aliphatic heterocycles. The van der Waals surface area contributed by atoms with Crippen LogP contribution in [-0.4, -0.2) is 26.2 Å². The molecule has 0 spiro atoms. The molecule has 2 aromatic carbocycles. The fraction of sp³-hybridized carbons (Fsp3) is 0.300. The van der Waals surface area contributed by atoms with Gasteiger partial charge in [0.15, 0.2) is 0 Å². The van der Waals surface area contributed by atoms with Gasteiger partial charge in [0.1, 0.15) is 11.9 Å². The number of rotatable bonds is 6. The Hall–Kier alpha value is -3.08. The number of nitrogens with zero attached hydrogens (tertiary/aromatic N) is 1. The molecule has 3 rings (SSSR count). The van der Waals surface area contributed by atoms with Gasteiger partial charge in [-0.2, -0.15) is 13.2 Å². The Kier molecular flexibility index (Phi) is 6.25. The summed E-state index contributed by atoms with van der Waals surface area (Å²) in [6, 6.07) is 9.89. The van der Waals surface area contributed by atoms with Gasteiger partial charge in [0.25, 0.3) is 15.9 Å². The molecule has 2 atom stereocenters. The van der Waals surface area contributed by atoms with Crippen molar-refractivity contribution in [1.82, 2.24) is 10.1 Å². The molecule has 0 saturated carbocycles. The number of benzene rings is 2. The van der Waals surface area contributed by atoms with Crippen LogP contribution in [0.15, 0.2) is 58.4 Å². The van der Waals surface area contributed by atoms with Gasteiger partial charge < -0.3 is 0 Å². The molecule has 0 bridgehead atoms. The van der Waals surface area contributed by atoms with Gasteiger partial charge in [0.05, 0.1) is 16.1 Å². The summed E-state index contributed by atoms with van der Waals surface area (Å²) in [5.41, 5.74) is 3.67. The number of fused-ring (bicyclic) bond motifs is 1. The number of carbonyl (C=O) groups is 1. The molecule has 3 N–H and O–H groups in total. The molecule has 1 amide bonds. The third-order valence-electron chi connectivity index (χ3n) is 4.94. The van der Waals surface area contributed by atoms with Crippen LogP contribution in [0.4, 0.5) is 18.9 Å². The number of alkyl halides is 3. The second-order valence-corrected chi connectivity index (χ2v) is 8.72. The molecule has 166 valence electrons. The van der Waals surface area contributed by atoms with Gasteiger partial charge in [-0.1, -0.05) is 44.5 Å². The minimum absolute atomic E-state index is 0.0201. The first kappa shape index (κ1) is 22.6. The number of hydrogen-bond acceptors (Lipinski definition) is 5. The lowest BCUT2D eigenvalue weighted by atomic mass is 9.99. The number of carbonyl (C=O) groups excluding carboxylic acids is 1. The molecule has 1 aliphatic rings. The minimum atomic E-state index is -4.60. The molecule has 0 saturated heterocycles. The number of para-hydroxylation sites is 1. The summed E-state index contributed by atoms with van der Waals surface area (Å²) in [6.45, 7) is 3.57. The van der Waals surface area contributed by atoms with Gasteiger partial charge in [0, 0.05) is 5.56 Å². The van der Waals surface area contributed by atoms with Crippen LogP contribution < -0.4 is 15.6 Å². The van der Waals surface area contributed by atoms with Crippen LogP contribution in [0.25, 0.3) is 0 Å². The molecular formula is C20H21F3N4O3S. The zero-order valence-electron chi connectivity index (χ0n) is 16.7. The molecule has 1 heterocycles. The number of sulfonamides is 1. The van der Waals surface area contributed by atoms with Gasteiger partial charge >= 0.3 is 6.18 Å². The minimum Gasteiger partial charge on any atom is -0.298 e. The van der Waals surface area contributed by atoms with Gasteiger partial charge in [-0.05, 0) is 30.2 Å². The Balaban J connectivity index is 1.87. The van der Waals surface area contributed by atoms with Crippen LogP contribution in [0.5, 0.6) is 0 Å². The molecule has 31 heavy (non-hydrogen) atoms. The monoisotopic (exact) mass is 454 g/mol. The van der Waals surface area contributed by atoms with Crippen LogP contribution in [0, 0.1) is 5.92 Å². The van der Waals surface area contributed by atoms with Crippen LogP contribution in [0.3, 0.4) is 0 Å². The molecule has 2 aromatic rings. The highest BCUT2D eigenvalue weighted by Crippen LogP contribution is 2.34. The number of nitrogens with one attached hydrogen (secondary N) is 3. The summed E-state index contributed by atoms with van der Waals surface area (Å²) in [6.07, 6.45) is -4.07. The van der Waals surface area contributed by atoms with Gasteiger partial charge in [0.2, 0.25) is 0 Å². The predicted octanol–water partition coefficient (Wildman–Crippen LogP) is 3.30. The van der Waals surface area contributed by atoms with E-state index in [-0.39, 0.29) is 22.3 Å². The van der Waals surface area contributed by atoms with Crippen molar-refractivity contribution in [3.05, 3.63) is 59.7 Å². The van der Waals surface area contributed by atoms with E-state index in [2.05, 4.69) is 20.6 Å². The van der Waals surface area contributed by atoms with E-state index in [9.17, 15) is 26.4 Å². The number of halogens is 3. The first-order valence-corrected chi connectivity index (χ1v) is 10.9. The van der Waals surface area contributed by atoms with Crippen LogP contribution in [0.2, 0.25) is 0 Å². The number of anilines is 1. The molecule has 0 unspecified atom stereocenters. The van der Waals surface area contributed by atoms with Crippen LogP contribution >= 0.6 is 0 Å². The van der Waals surface area contributed by atoms with Crippen molar-refractivity contribution in [1.29, 1.82) is 0 Å². The molecule has 0 radical (unpaired) electrons. The Labute approximate surface area is 177 Å². The van der Waals surface area contributed by atoms with Gasteiger partial charge in [-0.15, -0.1) is 0 Å². The van der Waals surface area contributed by atoms with E-state index >= 15 is 0 Å². The quantitative estimate of drug-likeness (QED) is 0.583. The van der Waals surface area contributed by atoms with E-state index in [1.165, 1.54) is 24.3 Å². The SMILES string of the molecule is CC[C@H](C)[C@H](N=C1NS(=O)(=O)c2ccccc21)C(=O)NNc1ccccc1C(F)(F)F. The third kappa shape index (κ3) is 4.82. The summed E-state index contributed by atoms with van der Waals surface area (Å²) in [5, 5.41) is 0. The van der Waals surface area contributed by atoms with Crippen molar-refractivity contribution in [3.8, 4) is 0 Å². The molecular weight excluding hydrogens is 433 g/mol. The molecule has 7 nitrogen and oxygen atoms in total. The number of amidine groups is 1. The summed E-state index contributed by atoms with van der Waals surface area (Å²) < 4.78 is 66.4. The van der Waals surface area contributed by atoms with Crippen molar-refractivity contribution in [3.63, 3.8) is 0 Å². The molecule has 0 aliphatic carbocycles. The first-order chi connectivity index (χ1) is 14.5. The fourth-order valence-corrected chi connectivity index (χ4v) is 4.32. The van der Waals surface area contributed by atoms with Crippen molar-refractivity contribution in [2.24, 2.45) is 10.9 Å². The Morgan fingerprint density at radius 3 is 2.45 bits per heavy atom. The highest BCUT2D eigenvalue weighted by Gasteiger charge is 2.35. The zero-order valence-corrected chi connectivity index (χ0v) is 17.5. The van der Waals surface area contributed by atoms with Crippen molar-refractivity contribution < 1.29 is 26.4 Å². The fourth-order valence-electron chi connectivity index (χ4n) is 3.08. The van der Waals surface area contributed by atoms with E-state index in [1.807, 2.05) is 6.92 Å². The molecule has 0 fully saturated rings. The Bertz CT molecular complexity index is 1120. The summed E-state index contributed by atoms with van der Waals surface area (Å²) in [7, 11) is -3.79. The number of hydrogen-bond donors (Lipinski definition) is 3. The second-order valence-electron chi connectivity index (χ2n) is 7.07. The largest absolute Gasteiger partial charge is 0.418 e. The third-order valence-corrected chi connectivity index (χ3v) is 6.33. The topological polar surface area (TPSA) is 99.7 Å². The summed E-state index contributed by atoms with van der Waals surface area (Å²) in [4.78, 5) is 17.2. The van der Waals surface area contributed by atoms with E-state index < -0.39 is 33.7 Å². The maximum absolute atomic E-state index is 13.2. The maximum atomic E-state index is 13.2. The van der Waals surface area contributed by atoms with Crippen LogP contribution in [0.1, 0.15) is 31.4 Å². The molecule has 0 aromatic heterocycles. The normalized spacial score (nSPS) is 18.0. The molecule has 11 heteroatoms. The van der Waals surface area contributed by atoms with Crippen LogP contribution in [-0.2, 0) is 21.0 Å². The lowest BCUT2D eigenvalue weighted by Crippen LogP contribution is -2.42. The van der Waals surface area contributed by atoms with Crippen molar-refractivity contribution in [2.75, 3.05) is 5.43 Å². The second kappa shape index (κ2) is 8.58. The average Bonchev–Trinajstić information content (AvgIpc) is 2.99. The maximum Gasteiger partial charge on any atom is 0.418 e. The van der Waals surface area contributed by atoms with Crippen molar-refractivity contribution in [2.45, 2.75) is 37.4 Å². The van der Waals surface area contributed by atoms with E-state index in [0.29, 0.717) is 12.0 Å². The van der Waals surface area contributed by atoms with E-state index in [1.54, 1.807) is 25.1 Å². The van der Waals surface area contributed by atoms with Crippen molar-refractivity contribution >= 4 is 27.5 Å². The van der Waals surface area contributed by atoms with Gasteiger partial charge in [-0.25, -0.2) is 8.42 Å². The Morgan fingerprint density at radius 1 is 1.13 bits per heavy atom. The average molecular weight is 454 g/mol. The summed E-state index contributed by atoms with van der Waals surface area (Å²) >= 11 is 0. The highest BCUT2D eigenvalue weighted by molar-refractivity contribution is 7.90. The van der Waals surface area contributed by atoms with Gasteiger partial charge in [-0.3, -0.25) is 25.4 Å². The first-order valence-electron chi connectivity index (χ1n) is 9.46. The number of amides is 1. The number of hydrazine groups is 1. The zero-order chi connectivity index (χ0) is 22.8.